The number of hydrogen-bond donors (Lipinski definition) is 2. The van der Waals surface area contributed by atoms with Gasteiger partial charge in [0.2, 0.25) is 5.95 Å². The lowest BCUT2D eigenvalue weighted by Gasteiger charge is -2.19. The van der Waals surface area contributed by atoms with E-state index in [1.54, 1.807) is 0 Å². The van der Waals surface area contributed by atoms with Crippen LogP contribution in [0.2, 0.25) is 0 Å². The lowest BCUT2D eigenvalue weighted by Crippen LogP contribution is -2.04. The summed E-state index contributed by atoms with van der Waals surface area (Å²) in [4.78, 5) is 8.97. The number of benzene rings is 3. The molecule has 0 amide bonds. The van der Waals surface area contributed by atoms with Crippen LogP contribution in [0.3, 0.4) is 0 Å². The fourth-order valence-corrected chi connectivity index (χ4v) is 4.48. The summed E-state index contributed by atoms with van der Waals surface area (Å²) in [6.45, 7) is 0. The van der Waals surface area contributed by atoms with Gasteiger partial charge < -0.3 is 15.3 Å². The van der Waals surface area contributed by atoms with Gasteiger partial charge in [-0.2, -0.15) is 0 Å². The van der Waals surface area contributed by atoms with Gasteiger partial charge in [-0.3, -0.25) is 0 Å². The van der Waals surface area contributed by atoms with Gasteiger partial charge in [0.25, 0.3) is 0 Å². The van der Waals surface area contributed by atoms with Gasteiger partial charge >= 0.3 is 0 Å². The Kier molecular flexibility index (Phi) is 3.83. The van der Waals surface area contributed by atoms with Crippen molar-refractivity contribution < 1.29 is 9.52 Å². The normalized spacial score (nSPS) is 13.0. The van der Waals surface area contributed by atoms with E-state index in [9.17, 15) is 5.11 Å². The van der Waals surface area contributed by atoms with Crippen molar-refractivity contribution in [3.05, 3.63) is 83.9 Å². The number of para-hydroxylation sites is 1. The molecule has 2 heterocycles. The van der Waals surface area contributed by atoms with E-state index in [4.69, 9.17) is 10.2 Å². The predicted molar refractivity (Wildman–Crippen MR) is 123 cm³/mol. The third kappa shape index (κ3) is 2.78. The molecule has 0 saturated heterocycles. The molecule has 0 unspecified atom stereocenters. The van der Waals surface area contributed by atoms with Crippen LogP contribution in [0.5, 0.6) is 5.75 Å². The SMILES string of the molecule is Nc1nc(-c2oc3ccccc3c2O)cc(-c2c3c(cc4ccccc24)CC=CC3)n1. The first-order valence-corrected chi connectivity index (χ1v) is 10.2. The number of nitrogen functional groups attached to an aromatic ring is 1. The van der Waals surface area contributed by atoms with Crippen molar-refractivity contribution in [3.63, 3.8) is 0 Å². The van der Waals surface area contributed by atoms with Gasteiger partial charge in [0.15, 0.2) is 11.5 Å². The van der Waals surface area contributed by atoms with Crippen LogP contribution >= 0.6 is 0 Å². The summed E-state index contributed by atoms with van der Waals surface area (Å²) in [6.07, 6.45) is 6.12. The van der Waals surface area contributed by atoms with Gasteiger partial charge in [0.1, 0.15) is 11.3 Å². The van der Waals surface area contributed by atoms with Crippen LogP contribution < -0.4 is 5.73 Å². The molecule has 2 aromatic heterocycles. The molecule has 1 aliphatic rings. The third-order valence-electron chi connectivity index (χ3n) is 5.88. The van der Waals surface area contributed by atoms with E-state index in [2.05, 4.69) is 40.3 Å². The average molecular weight is 405 g/mol. The molecule has 6 rings (SSSR count). The number of allylic oxidation sites excluding steroid dienone is 2. The largest absolute Gasteiger partial charge is 0.504 e. The quantitative estimate of drug-likeness (QED) is 0.371. The Morgan fingerprint density at radius 3 is 2.45 bits per heavy atom. The molecule has 3 aromatic carbocycles. The number of hydrogen-bond acceptors (Lipinski definition) is 5. The lowest BCUT2D eigenvalue weighted by molar-refractivity contribution is 0.469. The van der Waals surface area contributed by atoms with Crippen molar-refractivity contribution in [2.75, 3.05) is 5.73 Å². The number of nitrogens with zero attached hydrogens (tertiary/aromatic N) is 2. The zero-order chi connectivity index (χ0) is 20.9. The maximum Gasteiger partial charge on any atom is 0.221 e. The van der Waals surface area contributed by atoms with Gasteiger partial charge in [0.05, 0.1) is 11.1 Å². The van der Waals surface area contributed by atoms with Crippen molar-refractivity contribution >= 4 is 27.7 Å². The molecule has 0 fully saturated rings. The van der Waals surface area contributed by atoms with Gasteiger partial charge in [-0.05, 0) is 52.9 Å². The lowest BCUT2D eigenvalue weighted by atomic mass is 9.86. The molecular weight excluding hydrogens is 386 g/mol. The zero-order valence-electron chi connectivity index (χ0n) is 16.7. The van der Waals surface area contributed by atoms with Crippen molar-refractivity contribution in [2.24, 2.45) is 0 Å². The van der Waals surface area contributed by atoms with E-state index in [-0.39, 0.29) is 11.7 Å². The van der Waals surface area contributed by atoms with E-state index in [1.807, 2.05) is 42.5 Å². The minimum atomic E-state index is 0.0579. The van der Waals surface area contributed by atoms with Crippen molar-refractivity contribution in [3.8, 4) is 28.5 Å². The summed E-state index contributed by atoms with van der Waals surface area (Å²) < 4.78 is 5.92. The number of anilines is 1. The zero-order valence-corrected chi connectivity index (χ0v) is 16.7. The summed E-state index contributed by atoms with van der Waals surface area (Å²) >= 11 is 0. The second kappa shape index (κ2) is 6.71. The van der Waals surface area contributed by atoms with Crippen LogP contribution in [-0.2, 0) is 12.8 Å². The topological polar surface area (TPSA) is 85.2 Å². The molecule has 0 bridgehead atoms. The highest BCUT2D eigenvalue weighted by Gasteiger charge is 2.21. The molecule has 31 heavy (non-hydrogen) atoms. The number of aromatic hydroxyl groups is 1. The second-order valence-corrected chi connectivity index (χ2v) is 7.76. The van der Waals surface area contributed by atoms with Gasteiger partial charge in [0, 0.05) is 5.56 Å². The monoisotopic (exact) mass is 405 g/mol. The molecule has 1 aliphatic carbocycles. The van der Waals surface area contributed by atoms with Crippen LogP contribution in [0.25, 0.3) is 44.5 Å². The fourth-order valence-electron chi connectivity index (χ4n) is 4.48. The number of rotatable bonds is 2. The Morgan fingerprint density at radius 2 is 1.58 bits per heavy atom. The molecular formula is C26H19N3O2. The molecule has 0 spiro atoms. The predicted octanol–water partition coefficient (Wildman–Crippen LogP) is 5.65. The van der Waals surface area contributed by atoms with Crippen LogP contribution in [0.4, 0.5) is 5.95 Å². The molecule has 150 valence electrons. The molecule has 5 heteroatoms. The van der Waals surface area contributed by atoms with Gasteiger partial charge in [-0.15, -0.1) is 0 Å². The molecule has 3 N–H and O–H groups in total. The summed E-state index contributed by atoms with van der Waals surface area (Å²) in [7, 11) is 0. The fraction of sp³-hybridized carbons (Fsp3) is 0.0769. The Morgan fingerprint density at radius 1 is 0.839 bits per heavy atom. The third-order valence-corrected chi connectivity index (χ3v) is 5.88. The van der Waals surface area contributed by atoms with Gasteiger partial charge in [-0.25, -0.2) is 9.97 Å². The van der Waals surface area contributed by atoms with Crippen LogP contribution in [0, 0.1) is 0 Å². The first-order chi connectivity index (χ1) is 15.2. The minimum Gasteiger partial charge on any atom is -0.504 e. The van der Waals surface area contributed by atoms with Gasteiger partial charge in [-0.1, -0.05) is 54.6 Å². The van der Waals surface area contributed by atoms with Crippen molar-refractivity contribution in [1.29, 1.82) is 0 Å². The Balaban J connectivity index is 1.63. The maximum absolute atomic E-state index is 10.8. The first-order valence-electron chi connectivity index (χ1n) is 10.2. The Hall–Kier alpha value is -4.12. The van der Waals surface area contributed by atoms with Crippen LogP contribution in [0.1, 0.15) is 11.1 Å². The van der Waals surface area contributed by atoms with Crippen LogP contribution in [0.15, 0.2) is 77.2 Å². The van der Waals surface area contributed by atoms with Crippen molar-refractivity contribution in [1.82, 2.24) is 9.97 Å². The van der Waals surface area contributed by atoms with E-state index < -0.39 is 0 Å². The Labute approximate surface area is 178 Å². The van der Waals surface area contributed by atoms with E-state index >= 15 is 0 Å². The summed E-state index contributed by atoms with van der Waals surface area (Å²) in [5.74, 6) is 0.494. The van der Waals surface area contributed by atoms with E-state index in [1.165, 1.54) is 11.1 Å². The molecule has 5 aromatic rings. The van der Waals surface area contributed by atoms with Crippen molar-refractivity contribution in [2.45, 2.75) is 12.8 Å². The molecule has 0 atom stereocenters. The molecule has 5 nitrogen and oxygen atoms in total. The van der Waals surface area contributed by atoms with Crippen LogP contribution in [-0.4, -0.2) is 15.1 Å². The summed E-state index contributed by atoms with van der Waals surface area (Å²) in [5, 5.41) is 13.7. The summed E-state index contributed by atoms with van der Waals surface area (Å²) in [5.41, 5.74) is 11.5. The highest BCUT2D eigenvalue weighted by Crippen LogP contribution is 2.41. The molecule has 0 aliphatic heterocycles. The second-order valence-electron chi connectivity index (χ2n) is 7.76. The van der Waals surface area contributed by atoms with E-state index in [0.29, 0.717) is 22.4 Å². The summed E-state index contributed by atoms with van der Waals surface area (Å²) in [6, 6.07) is 19.8. The maximum atomic E-state index is 10.8. The minimum absolute atomic E-state index is 0.0579. The number of aromatic nitrogens is 2. The standard InChI is InChI=1S/C26H19N3O2/c27-26-28-20(14-21(29-26)25-24(30)19-11-5-6-12-22(19)31-25)23-17-9-3-1-7-15(17)13-16-8-2-4-10-18(16)23/h1-7,9,11-14,30H,8,10H2,(H2,27,28,29). The number of furan rings is 1. The Bertz CT molecular complexity index is 1510. The number of nitrogens with two attached hydrogens (primary N) is 1. The highest BCUT2D eigenvalue weighted by molar-refractivity contribution is 5.99. The first kappa shape index (κ1) is 17.7. The highest BCUT2D eigenvalue weighted by atomic mass is 16.4. The van der Waals surface area contributed by atoms with E-state index in [0.717, 1.165) is 34.9 Å². The number of fused-ring (bicyclic) bond motifs is 3. The average Bonchev–Trinajstić information content (AvgIpc) is 3.14. The molecule has 0 radical (unpaired) electrons. The smallest absolute Gasteiger partial charge is 0.221 e. The molecule has 0 saturated carbocycles.